The van der Waals surface area contributed by atoms with Gasteiger partial charge in [0.2, 0.25) is 10.8 Å². The molecule has 2 aliphatic rings. The summed E-state index contributed by atoms with van der Waals surface area (Å²) in [6.45, 7) is 0.799. The van der Waals surface area contributed by atoms with E-state index in [2.05, 4.69) is 10.3 Å². The van der Waals surface area contributed by atoms with Crippen LogP contribution in [0.2, 0.25) is 0 Å². The fraction of sp³-hybridized carbons (Fsp3) is 0.370. The van der Waals surface area contributed by atoms with Gasteiger partial charge in [0.1, 0.15) is 11.6 Å². The number of sulfone groups is 1. The molecule has 2 fully saturated rings. The molecule has 1 unspecified atom stereocenters. The molecule has 0 radical (unpaired) electrons. The van der Waals surface area contributed by atoms with E-state index in [4.69, 9.17) is 14.2 Å². The van der Waals surface area contributed by atoms with Gasteiger partial charge in [0, 0.05) is 13.2 Å². The van der Waals surface area contributed by atoms with Gasteiger partial charge in [-0.3, -0.25) is 10.1 Å². The molecule has 13 heteroatoms. The van der Waals surface area contributed by atoms with E-state index in [0.717, 1.165) is 30.6 Å². The highest BCUT2D eigenvalue weighted by Gasteiger charge is 2.32. The minimum absolute atomic E-state index is 0.0274. The molecule has 10 nitrogen and oxygen atoms in total. The second kappa shape index (κ2) is 12.0. The molecule has 5 rings (SSSR count). The largest absolute Gasteiger partial charge is 0.476 e. The number of hydrogen-bond acceptors (Lipinski definition) is 9. The number of carboxylic acids is 1. The van der Waals surface area contributed by atoms with E-state index in [0.29, 0.717) is 31.6 Å². The summed E-state index contributed by atoms with van der Waals surface area (Å²) in [7, 11) is -3.55. The fourth-order valence-electron chi connectivity index (χ4n) is 4.35. The minimum Gasteiger partial charge on any atom is -0.476 e. The smallest absolute Gasteiger partial charge is 0.359 e. The minimum atomic E-state index is -3.55. The van der Waals surface area contributed by atoms with Gasteiger partial charge in [-0.15, -0.1) is 0 Å². The van der Waals surface area contributed by atoms with Gasteiger partial charge in [-0.25, -0.2) is 22.6 Å². The number of anilines is 1. The third kappa shape index (κ3) is 6.33. The molecule has 1 saturated heterocycles. The van der Waals surface area contributed by atoms with Crippen LogP contribution in [0.25, 0.3) is 0 Å². The lowest BCUT2D eigenvalue weighted by Gasteiger charge is -2.30. The second-order valence-electron chi connectivity index (χ2n) is 9.50. The maximum atomic E-state index is 13.4. The van der Waals surface area contributed by atoms with Crippen molar-refractivity contribution in [1.82, 2.24) is 4.98 Å². The third-order valence-corrected chi connectivity index (χ3v) is 9.92. The lowest BCUT2D eigenvalue weighted by Crippen LogP contribution is -2.31. The Morgan fingerprint density at radius 2 is 1.73 bits per heavy atom. The normalized spacial score (nSPS) is 17.1. The summed E-state index contributed by atoms with van der Waals surface area (Å²) in [6.07, 6.45) is 2.19. The number of hydrogen-bond donors (Lipinski definition) is 2. The molecule has 0 spiro atoms. The van der Waals surface area contributed by atoms with E-state index in [9.17, 15) is 27.5 Å². The Kier molecular flexibility index (Phi) is 8.45. The number of thiazole rings is 1. The summed E-state index contributed by atoms with van der Waals surface area (Å²) in [5.74, 6) is -2.23. The van der Waals surface area contributed by atoms with Gasteiger partial charge in [-0.2, -0.15) is 0 Å². The molecule has 1 amide bonds. The van der Waals surface area contributed by atoms with E-state index in [1.165, 1.54) is 36.4 Å². The highest BCUT2D eigenvalue weighted by atomic mass is 32.2. The quantitative estimate of drug-likeness (QED) is 0.335. The van der Waals surface area contributed by atoms with Crippen molar-refractivity contribution in [3.8, 4) is 10.8 Å². The number of carbonyl (C=O) groups is 2. The monoisotopic (exact) mass is 590 g/mol. The highest BCUT2D eigenvalue weighted by molar-refractivity contribution is 7.92. The number of amides is 1. The number of nitrogens with one attached hydrogen (secondary N) is 1. The van der Waals surface area contributed by atoms with Crippen LogP contribution in [0.1, 0.15) is 54.3 Å². The van der Waals surface area contributed by atoms with Crippen LogP contribution in [0.5, 0.6) is 10.8 Å². The standard InChI is InChI=1S/C27H27FN2O8S2/c28-17-6-8-19(9-7-17)38-26-22(25(32)33)29-27(39-26)30-24(31)23(37-18-2-1-3-18)16-4-10-20(11-5-16)40(34,35)21-12-14-36-15-13-21/h4-11,18,21,23H,1-3,12-15H2,(H,32,33)(H,29,30,31). The van der Waals surface area contributed by atoms with Crippen LogP contribution in [0.3, 0.4) is 0 Å². The predicted molar refractivity (Wildman–Crippen MR) is 143 cm³/mol. The Balaban J connectivity index is 1.35. The van der Waals surface area contributed by atoms with Crippen LogP contribution in [0.15, 0.2) is 53.4 Å². The summed E-state index contributed by atoms with van der Waals surface area (Å²) in [6, 6.07) is 11.1. The number of nitrogens with zero attached hydrogens (tertiary/aromatic N) is 1. The van der Waals surface area contributed by atoms with Gasteiger partial charge in [-0.1, -0.05) is 23.5 Å². The molecule has 40 heavy (non-hydrogen) atoms. The van der Waals surface area contributed by atoms with E-state index in [1.807, 2.05) is 0 Å². The van der Waals surface area contributed by atoms with Crippen LogP contribution in [-0.4, -0.2) is 55.0 Å². The van der Waals surface area contributed by atoms with Gasteiger partial charge in [-0.05, 0) is 74.1 Å². The Labute approximate surface area is 234 Å². The van der Waals surface area contributed by atoms with Gasteiger partial charge >= 0.3 is 5.97 Å². The first-order valence-corrected chi connectivity index (χ1v) is 15.1. The van der Waals surface area contributed by atoms with E-state index in [-0.39, 0.29) is 26.9 Å². The van der Waals surface area contributed by atoms with E-state index < -0.39 is 44.6 Å². The maximum Gasteiger partial charge on any atom is 0.359 e. The average Bonchev–Trinajstić information content (AvgIpc) is 3.32. The van der Waals surface area contributed by atoms with Crippen molar-refractivity contribution in [3.63, 3.8) is 0 Å². The molecule has 1 aromatic heterocycles. The zero-order chi connectivity index (χ0) is 28.3. The Hall–Kier alpha value is -3.39. The Bertz CT molecular complexity index is 1470. The summed E-state index contributed by atoms with van der Waals surface area (Å²) in [4.78, 5) is 29.3. The molecule has 1 atom stereocenters. The SMILES string of the molecule is O=C(O)c1nc(NC(=O)C(OC2CCC2)c2ccc(S(=O)(=O)C3CCOCC3)cc2)sc1Oc1ccc(F)cc1. The topological polar surface area (TPSA) is 141 Å². The first kappa shape index (κ1) is 28.1. The van der Waals surface area contributed by atoms with Crippen LogP contribution < -0.4 is 10.1 Å². The van der Waals surface area contributed by atoms with Gasteiger partial charge < -0.3 is 19.3 Å². The van der Waals surface area contributed by atoms with Crippen LogP contribution in [0, 0.1) is 5.82 Å². The van der Waals surface area contributed by atoms with Crippen molar-refractivity contribution >= 4 is 38.2 Å². The fourth-order valence-corrected chi connectivity index (χ4v) is 6.89. The van der Waals surface area contributed by atoms with Gasteiger partial charge in [0.25, 0.3) is 5.91 Å². The zero-order valence-corrected chi connectivity index (χ0v) is 22.9. The lowest BCUT2D eigenvalue weighted by atomic mass is 9.95. The number of halogens is 1. The first-order valence-electron chi connectivity index (χ1n) is 12.8. The molecule has 2 aromatic carbocycles. The molecular weight excluding hydrogens is 563 g/mol. The number of carboxylic acid groups (broad SMARTS) is 1. The second-order valence-corrected chi connectivity index (χ2v) is 12.7. The number of benzene rings is 2. The number of aromatic carboxylic acids is 1. The third-order valence-electron chi connectivity index (χ3n) is 6.79. The van der Waals surface area contributed by atoms with Crippen molar-refractivity contribution in [2.75, 3.05) is 18.5 Å². The summed E-state index contributed by atoms with van der Waals surface area (Å²) < 4.78 is 56.3. The number of aromatic nitrogens is 1. The van der Waals surface area contributed by atoms with Crippen LogP contribution in [-0.2, 0) is 24.1 Å². The molecule has 1 aliphatic carbocycles. The Morgan fingerprint density at radius 1 is 1.05 bits per heavy atom. The zero-order valence-electron chi connectivity index (χ0n) is 21.2. The average molecular weight is 591 g/mol. The van der Waals surface area contributed by atoms with E-state index >= 15 is 0 Å². The summed E-state index contributed by atoms with van der Waals surface area (Å²) in [5.41, 5.74) is 0.0388. The molecule has 2 heterocycles. The van der Waals surface area contributed by atoms with Gasteiger partial charge in [0.05, 0.1) is 16.2 Å². The van der Waals surface area contributed by atoms with Crippen molar-refractivity contribution in [2.24, 2.45) is 0 Å². The van der Waals surface area contributed by atoms with Crippen molar-refractivity contribution in [2.45, 2.75) is 54.5 Å². The van der Waals surface area contributed by atoms with Gasteiger partial charge in [0.15, 0.2) is 21.1 Å². The molecule has 1 aliphatic heterocycles. The van der Waals surface area contributed by atoms with Crippen molar-refractivity contribution in [1.29, 1.82) is 0 Å². The molecular formula is C27H27FN2O8S2. The van der Waals surface area contributed by atoms with Crippen molar-refractivity contribution < 1.29 is 41.7 Å². The first-order chi connectivity index (χ1) is 19.2. The highest BCUT2D eigenvalue weighted by Crippen LogP contribution is 2.36. The maximum absolute atomic E-state index is 13.4. The number of ether oxygens (including phenoxy) is 3. The summed E-state index contributed by atoms with van der Waals surface area (Å²) in [5, 5.41) is 11.6. The molecule has 3 aromatic rings. The lowest BCUT2D eigenvalue weighted by molar-refractivity contribution is -0.135. The predicted octanol–water partition coefficient (Wildman–Crippen LogP) is 4.97. The van der Waals surface area contributed by atoms with Crippen LogP contribution >= 0.6 is 11.3 Å². The Morgan fingerprint density at radius 3 is 2.33 bits per heavy atom. The molecule has 1 saturated carbocycles. The van der Waals surface area contributed by atoms with E-state index in [1.54, 1.807) is 12.1 Å². The number of rotatable bonds is 10. The van der Waals surface area contributed by atoms with Crippen molar-refractivity contribution in [3.05, 3.63) is 65.6 Å². The molecule has 212 valence electrons. The number of carbonyl (C=O) groups excluding carboxylic acids is 1. The van der Waals surface area contributed by atoms with Crippen LogP contribution in [0.4, 0.5) is 9.52 Å². The molecule has 0 bridgehead atoms. The summed E-state index contributed by atoms with van der Waals surface area (Å²) >= 11 is 0.803. The molecule has 2 N–H and O–H groups in total.